The zero-order valence-corrected chi connectivity index (χ0v) is 13.5. The van der Waals surface area contributed by atoms with Crippen LogP contribution in [0.25, 0.3) is 0 Å². The van der Waals surface area contributed by atoms with Gasteiger partial charge in [-0.25, -0.2) is 0 Å². The van der Waals surface area contributed by atoms with E-state index in [4.69, 9.17) is 0 Å². The van der Waals surface area contributed by atoms with Crippen molar-refractivity contribution in [2.45, 2.75) is 53.4 Å². The normalized spacial score (nSPS) is 27.6. The van der Waals surface area contributed by atoms with Gasteiger partial charge in [-0.2, -0.15) is 0 Å². The van der Waals surface area contributed by atoms with Crippen LogP contribution in [0.1, 0.15) is 53.4 Å². The van der Waals surface area contributed by atoms with Crippen LogP contribution >= 0.6 is 0 Å². The molecule has 3 fully saturated rings. The van der Waals surface area contributed by atoms with Crippen LogP contribution in [0.4, 0.5) is 0 Å². The second kappa shape index (κ2) is 6.58. The van der Waals surface area contributed by atoms with Gasteiger partial charge in [0, 0.05) is 32.7 Å². The lowest BCUT2D eigenvalue weighted by Gasteiger charge is -2.55. The Balaban J connectivity index is 0.000000637. The Morgan fingerprint density at radius 1 is 1.11 bits per heavy atom. The standard InChI is InChI=1S/C15H28N2.C2H6/c1-12(2)14-3-5-15(6-4-14)10-17(11-15)9-13-7-16-8-13;1-2/h12-14,16H,3-11H2,1-2H3;1-2H3. The van der Waals surface area contributed by atoms with Crippen molar-refractivity contribution in [3.05, 3.63) is 0 Å². The number of hydrogen-bond donors (Lipinski definition) is 1. The number of nitrogens with one attached hydrogen (secondary N) is 1. The Morgan fingerprint density at radius 3 is 2.11 bits per heavy atom. The van der Waals surface area contributed by atoms with Crippen LogP contribution in [0.2, 0.25) is 0 Å². The molecule has 19 heavy (non-hydrogen) atoms. The van der Waals surface area contributed by atoms with Crippen molar-refractivity contribution in [3.63, 3.8) is 0 Å². The minimum atomic E-state index is 0.753. The molecule has 0 amide bonds. The first-order valence-corrected chi connectivity index (χ1v) is 8.60. The molecule has 1 spiro atoms. The van der Waals surface area contributed by atoms with E-state index in [-0.39, 0.29) is 0 Å². The predicted molar refractivity (Wildman–Crippen MR) is 83.4 cm³/mol. The minimum Gasteiger partial charge on any atom is -0.316 e. The zero-order valence-electron chi connectivity index (χ0n) is 13.5. The summed E-state index contributed by atoms with van der Waals surface area (Å²) in [5.74, 6) is 2.88. The van der Waals surface area contributed by atoms with Gasteiger partial charge in [-0.15, -0.1) is 0 Å². The molecule has 2 heteroatoms. The van der Waals surface area contributed by atoms with Crippen molar-refractivity contribution in [2.24, 2.45) is 23.2 Å². The summed E-state index contributed by atoms with van der Waals surface area (Å²) >= 11 is 0. The van der Waals surface area contributed by atoms with Crippen molar-refractivity contribution in [1.82, 2.24) is 10.2 Å². The average molecular weight is 266 g/mol. The Labute approximate surface area is 120 Å². The second-order valence-electron chi connectivity index (χ2n) is 7.28. The SMILES string of the molecule is CC.CC(C)C1CCC2(CC1)CN(CC1CNC1)C2. The maximum atomic E-state index is 3.38. The summed E-state index contributed by atoms with van der Waals surface area (Å²) in [5, 5.41) is 3.38. The summed E-state index contributed by atoms with van der Waals surface area (Å²) < 4.78 is 0. The first-order chi connectivity index (χ1) is 9.17. The maximum Gasteiger partial charge on any atom is 0.00506 e. The zero-order chi connectivity index (χ0) is 13.9. The molecule has 1 N–H and O–H groups in total. The first-order valence-electron chi connectivity index (χ1n) is 8.60. The molecule has 2 saturated heterocycles. The van der Waals surface area contributed by atoms with E-state index >= 15 is 0 Å². The van der Waals surface area contributed by atoms with Crippen LogP contribution in [0.3, 0.4) is 0 Å². The Hall–Kier alpha value is -0.0800. The summed E-state index contributed by atoms with van der Waals surface area (Å²) in [6.07, 6.45) is 6.01. The molecule has 1 saturated carbocycles. The molecule has 0 atom stereocenters. The molecule has 0 aromatic heterocycles. The molecule has 112 valence electrons. The molecule has 0 bridgehead atoms. The Morgan fingerprint density at radius 2 is 1.68 bits per heavy atom. The topological polar surface area (TPSA) is 15.3 Å². The van der Waals surface area contributed by atoms with Gasteiger partial charge in [0.25, 0.3) is 0 Å². The molecule has 2 aliphatic heterocycles. The van der Waals surface area contributed by atoms with Crippen LogP contribution in [0.15, 0.2) is 0 Å². The van der Waals surface area contributed by atoms with E-state index in [1.165, 1.54) is 58.4 Å². The van der Waals surface area contributed by atoms with E-state index in [9.17, 15) is 0 Å². The predicted octanol–water partition coefficient (Wildman–Crippen LogP) is 3.38. The van der Waals surface area contributed by atoms with E-state index in [1.807, 2.05) is 13.8 Å². The van der Waals surface area contributed by atoms with Crippen molar-refractivity contribution in [1.29, 1.82) is 0 Å². The number of rotatable bonds is 3. The fourth-order valence-electron chi connectivity index (χ4n) is 4.11. The third-order valence-electron chi connectivity index (χ3n) is 5.53. The first kappa shape index (κ1) is 15.3. The lowest BCUT2D eigenvalue weighted by molar-refractivity contribution is -0.0526. The molecule has 2 heterocycles. The van der Waals surface area contributed by atoms with Crippen molar-refractivity contribution < 1.29 is 0 Å². The molecule has 1 aliphatic carbocycles. The van der Waals surface area contributed by atoms with Gasteiger partial charge in [0.15, 0.2) is 0 Å². The van der Waals surface area contributed by atoms with E-state index in [2.05, 4.69) is 24.1 Å². The fourth-order valence-corrected chi connectivity index (χ4v) is 4.11. The van der Waals surface area contributed by atoms with Crippen LogP contribution in [0.5, 0.6) is 0 Å². The number of hydrogen-bond acceptors (Lipinski definition) is 2. The van der Waals surface area contributed by atoms with Crippen LogP contribution in [-0.4, -0.2) is 37.6 Å². The van der Waals surface area contributed by atoms with E-state index in [1.54, 1.807) is 0 Å². The van der Waals surface area contributed by atoms with E-state index in [0.29, 0.717) is 0 Å². The highest BCUT2D eigenvalue weighted by molar-refractivity contribution is 4.99. The van der Waals surface area contributed by atoms with Gasteiger partial charge in [-0.05, 0) is 48.9 Å². The molecule has 3 aliphatic rings. The van der Waals surface area contributed by atoms with Crippen molar-refractivity contribution in [3.8, 4) is 0 Å². The van der Waals surface area contributed by atoms with Gasteiger partial charge in [0.05, 0.1) is 0 Å². The number of nitrogens with zero attached hydrogens (tertiary/aromatic N) is 1. The highest BCUT2D eigenvalue weighted by Gasteiger charge is 2.45. The molecule has 0 aromatic rings. The van der Waals surface area contributed by atoms with Gasteiger partial charge in [0.2, 0.25) is 0 Å². The quantitative estimate of drug-likeness (QED) is 0.842. The van der Waals surface area contributed by atoms with Gasteiger partial charge < -0.3 is 10.2 Å². The highest BCUT2D eigenvalue weighted by atomic mass is 15.2. The molecular weight excluding hydrogens is 232 g/mol. The lowest BCUT2D eigenvalue weighted by atomic mass is 9.64. The summed E-state index contributed by atoms with van der Waals surface area (Å²) in [7, 11) is 0. The number of likely N-dealkylation sites (tertiary alicyclic amines) is 1. The van der Waals surface area contributed by atoms with Gasteiger partial charge >= 0.3 is 0 Å². The molecule has 0 aromatic carbocycles. The molecule has 3 rings (SSSR count). The summed E-state index contributed by atoms with van der Waals surface area (Å²) in [6.45, 7) is 15.5. The van der Waals surface area contributed by atoms with Crippen molar-refractivity contribution >= 4 is 0 Å². The summed E-state index contributed by atoms with van der Waals surface area (Å²) in [4.78, 5) is 2.71. The van der Waals surface area contributed by atoms with Crippen LogP contribution < -0.4 is 5.32 Å². The van der Waals surface area contributed by atoms with Gasteiger partial charge in [-0.3, -0.25) is 0 Å². The molecular formula is C17H34N2. The van der Waals surface area contributed by atoms with Gasteiger partial charge in [-0.1, -0.05) is 27.7 Å². The fraction of sp³-hybridized carbons (Fsp3) is 1.00. The average Bonchev–Trinajstić information content (AvgIpc) is 2.34. The highest BCUT2D eigenvalue weighted by Crippen LogP contribution is 2.47. The van der Waals surface area contributed by atoms with Crippen molar-refractivity contribution in [2.75, 3.05) is 32.7 Å². The molecule has 0 radical (unpaired) electrons. The second-order valence-corrected chi connectivity index (χ2v) is 7.28. The lowest BCUT2D eigenvalue weighted by Crippen LogP contribution is -2.61. The van der Waals surface area contributed by atoms with Gasteiger partial charge in [0.1, 0.15) is 0 Å². The smallest absolute Gasteiger partial charge is 0.00506 e. The Bertz CT molecular complexity index is 254. The summed E-state index contributed by atoms with van der Waals surface area (Å²) in [5.41, 5.74) is 0.753. The largest absolute Gasteiger partial charge is 0.316 e. The summed E-state index contributed by atoms with van der Waals surface area (Å²) in [6, 6.07) is 0. The van der Waals surface area contributed by atoms with Crippen LogP contribution in [-0.2, 0) is 0 Å². The third kappa shape index (κ3) is 3.52. The van der Waals surface area contributed by atoms with E-state index < -0.39 is 0 Å². The Kier molecular flexibility index (Phi) is 5.30. The minimum absolute atomic E-state index is 0.753. The molecule has 2 nitrogen and oxygen atoms in total. The van der Waals surface area contributed by atoms with E-state index in [0.717, 1.165) is 23.2 Å². The molecule has 0 unspecified atom stereocenters. The van der Waals surface area contributed by atoms with Crippen LogP contribution in [0, 0.1) is 23.2 Å². The monoisotopic (exact) mass is 266 g/mol. The maximum absolute atomic E-state index is 3.38. The third-order valence-corrected chi connectivity index (χ3v) is 5.53.